The molecule has 1 aliphatic heterocycles. The van der Waals surface area contributed by atoms with Gasteiger partial charge in [0, 0.05) is 52.4 Å². The molecule has 2 unspecified atom stereocenters. The van der Waals surface area contributed by atoms with E-state index in [-0.39, 0.29) is 23.8 Å². The summed E-state index contributed by atoms with van der Waals surface area (Å²) in [5, 5.41) is 4.14. The molecule has 122 valence electrons. The Bertz CT molecular complexity index is 529. The van der Waals surface area contributed by atoms with Crippen molar-refractivity contribution in [3.05, 3.63) is 18.0 Å². The number of aryl methyl sites for hydroxylation is 1. The van der Waals surface area contributed by atoms with Gasteiger partial charge in [-0.25, -0.2) is 0 Å². The Morgan fingerprint density at radius 1 is 1.41 bits per heavy atom. The molecule has 7 nitrogen and oxygen atoms in total. The van der Waals surface area contributed by atoms with Crippen LogP contribution in [-0.4, -0.2) is 53.9 Å². The summed E-state index contributed by atoms with van der Waals surface area (Å²) in [6.07, 6.45) is 5.08. The molecule has 2 atom stereocenters. The quantitative estimate of drug-likeness (QED) is 0.577. The van der Waals surface area contributed by atoms with Gasteiger partial charge in [0.05, 0.1) is 24.8 Å². The molecule has 22 heavy (non-hydrogen) atoms. The summed E-state index contributed by atoms with van der Waals surface area (Å²) in [6, 6.07) is -0.315. The fourth-order valence-electron chi connectivity index (χ4n) is 2.82. The van der Waals surface area contributed by atoms with Crippen LogP contribution in [-0.2, 0) is 26.1 Å². The van der Waals surface area contributed by atoms with Gasteiger partial charge in [-0.2, -0.15) is 5.10 Å². The number of hydrogen-bond donors (Lipinski definition) is 0. The van der Waals surface area contributed by atoms with Gasteiger partial charge in [0.2, 0.25) is 5.91 Å². The molecule has 0 aliphatic carbocycles. The number of esters is 1. The predicted octanol–water partition coefficient (Wildman–Crippen LogP) is 0.909. The minimum Gasteiger partial charge on any atom is -0.465 e. The molecule has 0 N–H and O–H groups in total. The summed E-state index contributed by atoms with van der Waals surface area (Å²) in [6.45, 7) is 0.892. The van der Waals surface area contributed by atoms with Gasteiger partial charge in [-0.3, -0.25) is 14.3 Å². The van der Waals surface area contributed by atoms with Gasteiger partial charge in [0.1, 0.15) is 0 Å². The van der Waals surface area contributed by atoms with E-state index in [1.165, 1.54) is 0 Å². The van der Waals surface area contributed by atoms with Crippen LogP contribution in [0.3, 0.4) is 0 Å². The Kier molecular flexibility index (Phi) is 5.54. The first-order valence-corrected chi connectivity index (χ1v) is 7.44. The normalized spacial score (nSPS) is 22.0. The molecule has 1 fully saturated rings. The number of aromatic nitrogens is 2. The highest BCUT2D eigenvalue weighted by Gasteiger charge is 2.40. The van der Waals surface area contributed by atoms with Gasteiger partial charge in [0.25, 0.3) is 0 Å². The molecular weight excluding hydrogens is 286 g/mol. The van der Waals surface area contributed by atoms with Gasteiger partial charge < -0.3 is 14.4 Å². The van der Waals surface area contributed by atoms with Gasteiger partial charge in [-0.1, -0.05) is 0 Å². The van der Waals surface area contributed by atoms with Gasteiger partial charge in [-0.15, -0.1) is 0 Å². The van der Waals surface area contributed by atoms with Crippen molar-refractivity contribution in [1.29, 1.82) is 0 Å². The number of amides is 1. The molecule has 2 rings (SSSR count). The second-order valence-electron chi connectivity index (χ2n) is 5.56. The Balaban J connectivity index is 2.09. The first-order chi connectivity index (χ1) is 10.5. The maximum Gasteiger partial charge on any atom is 0.311 e. The number of nitrogens with zero attached hydrogens (tertiary/aromatic N) is 3. The third-order valence-corrected chi connectivity index (χ3v) is 3.97. The van der Waals surface area contributed by atoms with E-state index in [1.54, 1.807) is 29.9 Å². The zero-order chi connectivity index (χ0) is 16.1. The second-order valence-corrected chi connectivity index (χ2v) is 5.56. The summed E-state index contributed by atoms with van der Waals surface area (Å²) < 4.78 is 11.9. The molecule has 7 heteroatoms. The third-order valence-electron chi connectivity index (χ3n) is 3.97. The average Bonchev–Trinajstić information content (AvgIpc) is 2.92. The molecule has 1 amide bonds. The van der Waals surface area contributed by atoms with E-state index in [0.717, 1.165) is 5.56 Å². The first-order valence-electron chi connectivity index (χ1n) is 7.44. The van der Waals surface area contributed by atoms with E-state index in [9.17, 15) is 9.59 Å². The van der Waals surface area contributed by atoms with Crippen LogP contribution in [0.25, 0.3) is 0 Å². The number of rotatable bonds is 6. The van der Waals surface area contributed by atoms with Crippen molar-refractivity contribution < 1.29 is 19.1 Å². The Morgan fingerprint density at radius 3 is 2.82 bits per heavy atom. The summed E-state index contributed by atoms with van der Waals surface area (Å²) >= 11 is 0. The van der Waals surface area contributed by atoms with Crippen LogP contribution >= 0.6 is 0 Å². The van der Waals surface area contributed by atoms with Gasteiger partial charge in [0.15, 0.2) is 0 Å². The van der Waals surface area contributed by atoms with Crippen molar-refractivity contribution in [1.82, 2.24) is 14.7 Å². The maximum absolute atomic E-state index is 12.4. The van der Waals surface area contributed by atoms with E-state index in [2.05, 4.69) is 5.10 Å². The zero-order valence-electron chi connectivity index (χ0n) is 13.3. The van der Waals surface area contributed by atoms with Crippen molar-refractivity contribution in [2.24, 2.45) is 13.0 Å². The monoisotopic (exact) mass is 309 g/mol. The molecule has 1 aromatic heterocycles. The van der Waals surface area contributed by atoms with Crippen molar-refractivity contribution in [3.8, 4) is 0 Å². The lowest BCUT2D eigenvalue weighted by Gasteiger charge is -2.37. The molecule has 0 radical (unpaired) electrons. The van der Waals surface area contributed by atoms with Crippen LogP contribution in [0, 0.1) is 5.92 Å². The van der Waals surface area contributed by atoms with Crippen LogP contribution in [0.5, 0.6) is 0 Å². The molecular formula is C15H23N3O4. The smallest absolute Gasteiger partial charge is 0.311 e. The van der Waals surface area contributed by atoms with Crippen molar-refractivity contribution in [2.45, 2.75) is 25.3 Å². The Labute approximate surface area is 130 Å². The van der Waals surface area contributed by atoms with Crippen LogP contribution < -0.4 is 0 Å². The first kappa shape index (κ1) is 16.5. The minimum atomic E-state index is -0.352. The van der Waals surface area contributed by atoms with E-state index in [0.29, 0.717) is 32.5 Å². The number of likely N-dealkylation sites (tertiary alicyclic amines) is 1. The fourth-order valence-corrected chi connectivity index (χ4v) is 2.82. The maximum atomic E-state index is 12.4. The lowest BCUT2D eigenvalue weighted by atomic mass is 9.86. The lowest BCUT2D eigenvalue weighted by Crippen LogP contribution is -2.43. The molecule has 0 aromatic carbocycles. The topological polar surface area (TPSA) is 73.7 Å². The van der Waals surface area contributed by atoms with Crippen LogP contribution in [0.1, 0.15) is 30.9 Å². The zero-order valence-corrected chi connectivity index (χ0v) is 13.3. The molecule has 1 aliphatic rings. The lowest BCUT2D eigenvalue weighted by molar-refractivity contribution is -0.156. The summed E-state index contributed by atoms with van der Waals surface area (Å²) in [5.41, 5.74) is 0.858. The number of hydrogen-bond acceptors (Lipinski definition) is 5. The molecule has 0 spiro atoms. The van der Waals surface area contributed by atoms with E-state index in [4.69, 9.17) is 9.47 Å². The van der Waals surface area contributed by atoms with Gasteiger partial charge >= 0.3 is 5.97 Å². The highest BCUT2D eigenvalue weighted by atomic mass is 16.5. The van der Waals surface area contributed by atoms with Crippen LogP contribution in [0.4, 0.5) is 0 Å². The second kappa shape index (κ2) is 7.40. The summed E-state index contributed by atoms with van der Waals surface area (Å²) in [7, 11) is 5.15. The van der Waals surface area contributed by atoms with Crippen LogP contribution in [0.2, 0.25) is 0 Å². The van der Waals surface area contributed by atoms with Crippen molar-refractivity contribution in [2.75, 3.05) is 27.4 Å². The Hall–Kier alpha value is -1.89. The van der Waals surface area contributed by atoms with E-state index in [1.807, 2.05) is 13.2 Å². The predicted molar refractivity (Wildman–Crippen MR) is 78.9 cm³/mol. The number of ether oxygens (including phenoxy) is 2. The van der Waals surface area contributed by atoms with Crippen molar-refractivity contribution >= 4 is 11.9 Å². The number of carbonyl (C=O) groups excluding carboxylic acids is 2. The molecule has 0 saturated carbocycles. The highest BCUT2D eigenvalue weighted by molar-refractivity contribution is 5.82. The molecule has 0 bridgehead atoms. The standard InChI is InChI=1S/C15H23N3O4/c1-17-10-11(9-16-17)14-12(5-6-13(19)18(14)2)15(20)22-8-4-7-21-3/h9-10,12,14H,4-8H2,1-3H3. The Morgan fingerprint density at radius 2 is 2.18 bits per heavy atom. The van der Waals surface area contributed by atoms with Crippen LogP contribution in [0.15, 0.2) is 12.4 Å². The van der Waals surface area contributed by atoms with Gasteiger partial charge in [-0.05, 0) is 6.42 Å². The number of carbonyl (C=O) groups is 2. The largest absolute Gasteiger partial charge is 0.465 e. The van der Waals surface area contributed by atoms with Crippen molar-refractivity contribution in [3.63, 3.8) is 0 Å². The highest BCUT2D eigenvalue weighted by Crippen LogP contribution is 2.36. The molecule has 2 heterocycles. The fraction of sp³-hybridized carbons (Fsp3) is 0.667. The average molecular weight is 309 g/mol. The number of methoxy groups -OCH3 is 1. The molecule has 1 aromatic rings. The minimum absolute atomic E-state index is 0.0392. The van der Waals surface area contributed by atoms with E-state index < -0.39 is 0 Å². The summed E-state index contributed by atoms with van der Waals surface area (Å²) in [5.74, 6) is -0.573. The summed E-state index contributed by atoms with van der Waals surface area (Å²) in [4.78, 5) is 26.0. The molecule has 1 saturated heterocycles. The third kappa shape index (κ3) is 3.65. The van der Waals surface area contributed by atoms with E-state index >= 15 is 0 Å². The SMILES string of the molecule is COCCCOC(=O)C1CCC(=O)N(C)C1c1cnn(C)c1. The number of piperidine rings is 1.